The predicted octanol–water partition coefficient (Wildman–Crippen LogP) is 1.52. The highest BCUT2D eigenvalue weighted by molar-refractivity contribution is 5.99. The Morgan fingerprint density at radius 2 is 2.00 bits per heavy atom. The van der Waals surface area contributed by atoms with E-state index in [4.69, 9.17) is 5.11 Å². The second-order valence-corrected chi connectivity index (χ2v) is 5.32. The number of aliphatic carboxylic acids is 1. The van der Waals surface area contributed by atoms with Gasteiger partial charge in [-0.1, -0.05) is 6.92 Å². The van der Waals surface area contributed by atoms with Gasteiger partial charge < -0.3 is 10.0 Å². The SMILES string of the molecule is CCCN(CC(=O)O)C(=O)c1cc2c(C)nn(C)c2nc1C. The summed E-state index contributed by atoms with van der Waals surface area (Å²) in [4.78, 5) is 29.4. The lowest BCUT2D eigenvalue weighted by Gasteiger charge is -2.20. The first-order valence-electron chi connectivity index (χ1n) is 7.17. The van der Waals surface area contributed by atoms with E-state index in [1.807, 2.05) is 13.8 Å². The van der Waals surface area contributed by atoms with E-state index in [0.29, 0.717) is 29.9 Å². The minimum absolute atomic E-state index is 0.306. The Morgan fingerprint density at radius 1 is 1.32 bits per heavy atom. The third kappa shape index (κ3) is 2.93. The second kappa shape index (κ2) is 6.13. The number of fused-ring (bicyclic) bond motifs is 1. The maximum absolute atomic E-state index is 12.6. The normalized spacial score (nSPS) is 10.9. The molecule has 7 heteroatoms. The van der Waals surface area contributed by atoms with Gasteiger partial charge in [-0.05, 0) is 26.3 Å². The molecule has 1 amide bonds. The van der Waals surface area contributed by atoms with Crippen LogP contribution in [0.25, 0.3) is 11.0 Å². The van der Waals surface area contributed by atoms with E-state index in [-0.39, 0.29) is 12.5 Å². The van der Waals surface area contributed by atoms with Crippen molar-refractivity contribution in [1.29, 1.82) is 0 Å². The largest absolute Gasteiger partial charge is 0.480 e. The molecule has 22 heavy (non-hydrogen) atoms. The van der Waals surface area contributed by atoms with Gasteiger partial charge in [0.25, 0.3) is 5.91 Å². The van der Waals surface area contributed by atoms with Gasteiger partial charge in [0.2, 0.25) is 0 Å². The fourth-order valence-corrected chi connectivity index (χ4v) is 2.50. The summed E-state index contributed by atoms with van der Waals surface area (Å²) >= 11 is 0. The Balaban J connectivity index is 2.47. The van der Waals surface area contributed by atoms with Crippen LogP contribution in [0.5, 0.6) is 0 Å². The molecular weight excluding hydrogens is 284 g/mol. The molecule has 2 aromatic rings. The van der Waals surface area contributed by atoms with Gasteiger partial charge in [0.05, 0.1) is 17.0 Å². The van der Waals surface area contributed by atoms with Crippen molar-refractivity contribution in [3.05, 3.63) is 23.0 Å². The van der Waals surface area contributed by atoms with Crippen LogP contribution in [-0.4, -0.2) is 49.7 Å². The zero-order chi connectivity index (χ0) is 16.4. The number of hydrogen-bond donors (Lipinski definition) is 1. The minimum atomic E-state index is -1.02. The summed E-state index contributed by atoms with van der Waals surface area (Å²) in [5.41, 5.74) is 2.51. The van der Waals surface area contributed by atoms with Crippen LogP contribution in [0, 0.1) is 13.8 Å². The number of hydrogen-bond acceptors (Lipinski definition) is 4. The molecule has 118 valence electrons. The van der Waals surface area contributed by atoms with Gasteiger partial charge in [0.1, 0.15) is 6.54 Å². The highest BCUT2D eigenvalue weighted by Crippen LogP contribution is 2.20. The highest BCUT2D eigenvalue weighted by atomic mass is 16.4. The van der Waals surface area contributed by atoms with Gasteiger partial charge >= 0.3 is 5.97 Å². The first-order chi connectivity index (χ1) is 10.3. The Kier molecular flexibility index (Phi) is 4.44. The molecule has 0 unspecified atom stereocenters. The summed E-state index contributed by atoms with van der Waals surface area (Å²) in [6.45, 7) is 5.60. The zero-order valence-electron chi connectivity index (χ0n) is 13.3. The van der Waals surface area contributed by atoms with Gasteiger partial charge in [-0.25, -0.2) is 4.98 Å². The molecule has 0 aliphatic carbocycles. The second-order valence-electron chi connectivity index (χ2n) is 5.32. The number of carboxylic acids is 1. The highest BCUT2D eigenvalue weighted by Gasteiger charge is 2.21. The predicted molar refractivity (Wildman–Crippen MR) is 81.8 cm³/mol. The number of carbonyl (C=O) groups is 2. The maximum atomic E-state index is 12.6. The molecule has 0 aromatic carbocycles. The Morgan fingerprint density at radius 3 is 2.59 bits per heavy atom. The third-order valence-electron chi connectivity index (χ3n) is 3.53. The lowest BCUT2D eigenvalue weighted by atomic mass is 10.1. The molecule has 2 aromatic heterocycles. The lowest BCUT2D eigenvalue weighted by Crippen LogP contribution is -2.36. The molecule has 2 heterocycles. The molecule has 0 saturated heterocycles. The molecule has 1 N–H and O–H groups in total. The molecule has 7 nitrogen and oxygen atoms in total. The van der Waals surface area contributed by atoms with E-state index in [9.17, 15) is 9.59 Å². The van der Waals surface area contributed by atoms with E-state index < -0.39 is 5.97 Å². The van der Waals surface area contributed by atoms with Crippen LogP contribution < -0.4 is 0 Å². The summed E-state index contributed by atoms with van der Waals surface area (Å²) in [5.74, 6) is -1.33. The van der Waals surface area contributed by atoms with Gasteiger partial charge in [0, 0.05) is 19.0 Å². The fraction of sp³-hybridized carbons (Fsp3) is 0.467. The fourth-order valence-electron chi connectivity index (χ4n) is 2.50. The molecule has 0 bridgehead atoms. The van der Waals surface area contributed by atoms with Crippen molar-refractivity contribution in [2.45, 2.75) is 27.2 Å². The summed E-state index contributed by atoms with van der Waals surface area (Å²) < 4.78 is 1.67. The Bertz CT molecular complexity index is 736. The Hall–Kier alpha value is -2.44. The van der Waals surface area contributed by atoms with E-state index in [1.165, 1.54) is 4.90 Å². The average Bonchev–Trinajstić information content (AvgIpc) is 2.71. The van der Waals surface area contributed by atoms with Crippen LogP contribution in [0.1, 0.15) is 35.1 Å². The summed E-state index contributed by atoms with van der Waals surface area (Å²) in [6.07, 6.45) is 0.694. The van der Waals surface area contributed by atoms with Crippen molar-refractivity contribution >= 4 is 22.9 Å². The Labute approximate surface area is 128 Å². The smallest absolute Gasteiger partial charge is 0.323 e. The first kappa shape index (κ1) is 15.9. The third-order valence-corrected chi connectivity index (χ3v) is 3.53. The van der Waals surface area contributed by atoms with Gasteiger partial charge in [-0.15, -0.1) is 0 Å². The molecule has 0 saturated carbocycles. The van der Waals surface area contributed by atoms with Crippen molar-refractivity contribution in [3.8, 4) is 0 Å². The first-order valence-corrected chi connectivity index (χ1v) is 7.17. The van der Waals surface area contributed by atoms with E-state index in [1.54, 1.807) is 24.7 Å². The van der Waals surface area contributed by atoms with E-state index >= 15 is 0 Å². The molecule has 0 radical (unpaired) electrons. The van der Waals surface area contributed by atoms with Crippen molar-refractivity contribution in [2.24, 2.45) is 7.05 Å². The molecule has 0 atom stereocenters. The number of nitrogens with zero attached hydrogens (tertiary/aromatic N) is 4. The lowest BCUT2D eigenvalue weighted by molar-refractivity contribution is -0.137. The molecule has 0 aliphatic heterocycles. The van der Waals surface area contributed by atoms with Crippen LogP contribution in [-0.2, 0) is 11.8 Å². The molecule has 0 fully saturated rings. The number of rotatable bonds is 5. The summed E-state index contributed by atoms with van der Waals surface area (Å²) in [6, 6.07) is 1.76. The monoisotopic (exact) mass is 304 g/mol. The quantitative estimate of drug-likeness (QED) is 0.904. The number of carbonyl (C=O) groups excluding carboxylic acids is 1. The van der Waals surface area contributed by atoms with Gasteiger partial charge in [0.15, 0.2) is 5.65 Å². The van der Waals surface area contributed by atoms with E-state index in [2.05, 4.69) is 10.1 Å². The van der Waals surface area contributed by atoms with Crippen LogP contribution in [0.2, 0.25) is 0 Å². The molecule has 0 spiro atoms. The molecule has 0 aliphatic rings. The van der Waals surface area contributed by atoms with Crippen molar-refractivity contribution < 1.29 is 14.7 Å². The number of aromatic nitrogens is 3. The van der Waals surface area contributed by atoms with Crippen LogP contribution in [0.4, 0.5) is 0 Å². The van der Waals surface area contributed by atoms with Gasteiger partial charge in [-0.2, -0.15) is 5.10 Å². The minimum Gasteiger partial charge on any atom is -0.480 e. The standard InChI is InChI=1S/C15H20N4O3/c1-5-6-19(8-13(20)21)15(22)12-7-11-10(3)17-18(4)14(11)16-9(12)2/h7H,5-6,8H2,1-4H3,(H,20,21). The van der Waals surface area contributed by atoms with Gasteiger partial charge in [-0.3, -0.25) is 14.3 Å². The van der Waals surface area contributed by atoms with Crippen LogP contribution >= 0.6 is 0 Å². The number of pyridine rings is 1. The summed E-state index contributed by atoms with van der Waals surface area (Å²) in [5, 5.41) is 14.1. The number of carboxylic acid groups (broad SMARTS) is 1. The van der Waals surface area contributed by atoms with Crippen molar-refractivity contribution in [2.75, 3.05) is 13.1 Å². The maximum Gasteiger partial charge on any atom is 0.323 e. The van der Waals surface area contributed by atoms with Crippen LogP contribution in [0.3, 0.4) is 0 Å². The average molecular weight is 304 g/mol. The van der Waals surface area contributed by atoms with Crippen molar-refractivity contribution in [3.63, 3.8) is 0 Å². The molecular formula is C15H20N4O3. The number of amides is 1. The van der Waals surface area contributed by atoms with Crippen molar-refractivity contribution in [1.82, 2.24) is 19.7 Å². The summed E-state index contributed by atoms with van der Waals surface area (Å²) in [7, 11) is 1.80. The zero-order valence-corrected chi connectivity index (χ0v) is 13.3. The van der Waals surface area contributed by atoms with Crippen LogP contribution in [0.15, 0.2) is 6.07 Å². The van der Waals surface area contributed by atoms with E-state index in [0.717, 1.165) is 11.1 Å². The topological polar surface area (TPSA) is 88.3 Å². The molecule has 2 rings (SSSR count). The number of aryl methyl sites for hydroxylation is 3.